The molecule has 0 spiro atoms. The second kappa shape index (κ2) is 7.42. The van der Waals surface area contributed by atoms with E-state index in [9.17, 15) is 13.2 Å². The van der Waals surface area contributed by atoms with Crippen LogP contribution in [-0.4, -0.2) is 39.0 Å². The highest BCUT2D eigenvalue weighted by atomic mass is 32.2. The van der Waals surface area contributed by atoms with Gasteiger partial charge in [0.25, 0.3) is 0 Å². The van der Waals surface area contributed by atoms with Crippen molar-refractivity contribution >= 4 is 15.9 Å². The number of nitrogens with zero attached hydrogens (tertiary/aromatic N) is 1. The van der Waals surface area contributed by atoms with E-state index in [0.29, 0.717) is 6.42 Å². The SMILES string of the molecule is C[C@@H](c1ccc(S(N)(=O)=O)cc1)N(C)C(=O)CC[C@H]1CCCO1. The first-order valence-electron chi connectivity index (χ1n) is 7.79. The maximum absolute atomic E-state index is 12.3. The summed E-state index contributed by atoms with van der Waals surface area (Å²) >= 11 is 0. The van der Waals surface area contributed by atoms with Crippen molar-refractivity contribution in [1.82, 2.24) is 4.90 Å². The van der Waals surface area contributed by atoms with Gasteiger partial charge in [0.1, 0.15) is 0 Å². The van der Waals surface area contributed by atoms with Crippen LogP contribution < -0.4 is 5.14 Å². The molecule has 0 radical (unpaired) electrons. The van der Waals surface area contributed by atoms with Gasteiger partial charge in [-0.25, -0.2) is 13.6 Å². The summed E-state index contributed by atoms with van der Waals surface area (Å²) in [4.78, 5) is 14.0. The molecule has 0 unspecified atom stereocenters. The number of primary sulfonamides is 1. The summed E-state index contributed by atoms with van der Waals surface area (Å²) in [5, 5.41) is 5.09. The van der Waals surface area contributed by atoms with Gasteiger partial charge in [0, 0.05) is 20.1 Å². The first kappa shape index (κ1) is 17.9. The number of ether oxygens (including phenoxy) is 1. The van der Waals surface area contributed by atoms with Gasteiger partial charge in [0.15, 0.2) is 0 Å². The minimum absolute atomic E-state index is 0.0588. The maximum Gasteiger partial charge on any atom is 0.238 e. The molecule has 1 aliphatic rings. The molecule has 1 saturated heterocycles. The van der Waals surface area contributed by atoms with Crippen LogP contribution >= 0.6 is 0 Å². The average Bonchev–Trinajstić information content (AvgIpc) is 3.04. The predicted molar refractivity (Wildman–Crippen MR) is 87.2 cm³/mol. The summed E-state index contributed by atoms with van der Waals surface area (Å²) in [5.74, 6) is 0.0588. The van der Waals surface area contributed by atoms with Crippen molar-refractivity contribution in [3.63, 3.8) is 0 Å². The smallest absolute Gasteiger partial charge is 0.238 e. The predicted octanol–water partition coefficient (Wildman–Crippen LogP) is 1.81. The van der Waals surface area contributed by atoms with Crippen LogP contribution in [0.3, 0.4) is 0 Å². The fourth-order valence-electron chi connectivity index (χ4n) is 2.71. The Balaban J connectivity index is 1.95. The van der Waals surface area contributed by atoms with Crippen molar-refractivity contribution in [3.05, 3.63) is 29.8 Å². The molecule has 1 fully saturated rings. The zero-order valence-electron chi connectivity index (χ0n) is 13.6. The molecule has 0 saturated carbocycles. The number of nitrogens with two attached hydrogens (primary N) is 1. The molecule has 2 atom stereocenters. The van der Waals surface area contributed by atoms with E-state index in [1.807, 2.05) is 6.92 Å². The summed E-state index contributed by atoms with van der Waals surface area (Å²) in [6, 6.07) is 6.17. The van der Waals surface area contributed by atoms with Gasteiger partial charge >= 0.3 is 0 Å². The molecule has 128 valence electrons. The van der Waals surface area contributed by atoms with Crippen molar-refractivity contribution < 1.29 is 17.9 Å². The van der Waals surface area contributed by atoms with Crippen molar-refractivity contribution in [3.8, 4) is 0 Å². The van der Waals surface area contributed by atoms with Gasteiger partial charge < -0.3 is 9.64 Å². The summed E-state index contributed by atoms with van der Waals surface area (Å²) in [5.41, 5.74) is 0.866. The number of benzene rings is 1. The number of sulfonamides is 1. The highest BCUT2D eigenvalue weighted by molar-refractivity contribution is 7.89. The zero-order chi connectivity index (χ0) is 17.0. The number of rotatable bonds is 6. The molecule has 1 amide bonds. The van der Waals surface area contributed by atoms with E-state index >= 15 is 0 Å². The molecule has 0 bridgehead atoms. The first-order valence-corrected chi connectivity index (χ1v) is 9.33. The van der Waals surface area contributed by atoms with Crippen molar-refractivity contribution in [2.45, 2.75) is 49.6 Å². The van der Waals surface area contributed by atoms with E-state index in [-0.39, 0.29) is 22.9 Å². The molecule has 1 aromatic carbocycles. The van der Waals surface area contributed by atoms with Crippen LogP contribution in [0.1, 0.15) is 44.2 Å². The summed E-state index contributed by atoms with van der Waals surface area (Å²) in [6.07, 6.45) is 3.51. The Hall–Kier alpha value is -1.44. The average molecular weight is 340 g/mol. The molecular formula is C16H24N2O4S. The Kier molecular flexibility index (Phi) is 5.78. The molecule has 2 N–H and O–H groups in total. The minimum Gasteiger partial charge on any atom is -0.378 e. The van der Waals surface area contributed by atoms with E-state index in [0.717, 1.165) is 31.4 Å². The maximum atomic E-state index is 12.3. The van der Waals surface area contributed by atoms with Gasteiger partial charge in [0.2, 0.25) is 15.9 Å². The molecule has 6 nitrogen and oxygen atoms in total. The largest absolute Gasteiger partial charge is 0.378 e. The number of hydrogen-bond acceptors (Lipinski definition) is 4. The normalized spacial score (nSPS) is 19.5. The van der Waals surface area contributed by atoms with Crippen LogP contribution in [0.15, 0.2) is 29.2 Å². The van der Waals surface area contributed by atoms with E-state index in [2.05, 4.69) is 0 Å². The van der Waals surface area contributed by atoms with Gasteiger partial charge in [-0.3, -0.25) is 4.79 Å². The molecule has 1 aliphatic heterocycles. The van der Waals surface area contributed by atoms with Gasteiger partial charge in [-0.05, 0) is 43.9 Å². The highest BCUT2D eigenvalue weighted by Crippen LogP contribution is 2.23. The monoisotopic (exact) mass is 340 g/mol. The number of carbonyl (C=O) groups is 1. The Morgan fingerprint density at radius 3 is 2.57 bits per heavy atom. The van der Waals surface area contributed by atoms with Crippen LogP contribution in [0.4, 0.5) is 0 Å². The van der Waals surface area contributed by atoms with Crippen LogP contribution in [0, 0.1) is 0 Å². The number of amides is 1. The Morgan fingerprint density at radius 1 is 1.39 bits per heavy atom. The zero-order valence-corrected chi connectivity index (χ0v) is 14.4. The Morgan fingerprint density at radius 2 is 2.04 bits per heavy atom. The lowest BCUT2D eigenvalue weighted by Gasteiger charge is -2.26. The molecule has 23 heavy (non-hydrogen) atoms. The number of hydrogen-bond donors (Lipinski definition) is 1. The van der Waals surface area contributed by atoms with E-state index < -0.39 is 10.0 Å². The minimum atomic E-state index is -3.69. The van der Waals surface area contributed by atoms with Crippen LogP contribution in [-0.2, 0) is 19.6 Å². The Bertz CT molecular complexity index is 637. The van der Waals surface area contributed by atoms with Gasteiger partial charge in [0.05, 0.1) is 17.0 Å². The second-order valence-electron chi connectivity index (χ2n) is 5.97. The second-order valence-corrected chi connectivity index (χ2v) is 7.53. The van der Waals surface area contributed by atoms with Crippen molar-refractivity contribution in [1.29, 1.82) is 0 Å². The third-order valence-electron chi connectivity index (χ3n) is 4.37. The standard InChI is InChI=1S/C16H24N2O4S/c1-12(13-5-8-15(9-6-13)23(17,20)21)18(2)16(19)10-7-14-4-3-11-22-14/h5-6,8-9,12,14H,3-4,7,10-11H2,1-2H3,(H2,17,20,21)/t12-,14+/m0/s1. The van der Waals surface area contributed by atoms with Gasteiger partial charge in [-0.15, -0.1) is 0 Å². The van der Waals surface area contributed by atoms with E-state index in [4.69, 9.17) is 9.88 Å². The number of carbonyl (C=O) groups excluding carboxylic acids is 1. The summed E-state index contributed by atoms with van der Waals surface area (Å²) in [6.45, 7) is 2.71. The third-order valence-corrected chi connectivity index (χ3v) is 5.30. The van der Waals surface area contributed by atoms with Crippen LogP contribution in [0.2, 0.25) is 0 Å². The van der Waals surface area contributed by atoms with Gasteiger partial charge in [-0.1, -0.05) is 12.1 Å². The van der Waals surface area contributed by atoms with Gasteiger partial charge in [-0.2, -0.15) is 0 Å². The summed E-state index contributed by atoms with van der Waals surface area (Å²) < 4.78 is 28.1. The van der Waals surface area contributed by atoms with E-state index in [1.54, 1.807) is 24.1 Å². The fraction of sp³-hybridized carbons (Fsp3) is 0.562. The quantitative estimate of drug-likeness (QED) is 0.855. The molecule has 1 heterocycles. The van der Waals surface area contributed by atoms with E-state index in [1.165, 1.54) is 12.1 Å². The highest BCUT2D eigenvalue weighted by Gasteiger charge is 2.21. The van der Waals surface area contributed by atoms with Crippen LogP contribution in [0.25, 0.3) is 0 Å². The molecule has 2 rings (SSSR count). The summed E-state index contributed by atoms with van der Waals surface area (Å²) in [7, 11) is -1.93. The molecule has 0 aromatic heterocycles. The lowest BCUT2D eigenvalue weighted by atomic mass is 10.1. The molecule has 1 aromatic rings. The van der Waals surface area contributed by atoms with Crippen LogP contribution in [0.5, 0.6) is 0 Å². The molecular weight excluding hydrogens is 316 g/mol. The first-order chi connectivity index (χ1) is 10.8. The fourth-order valence-corrected chi connectivity index (χ4v) is 3.22. The Labute approximate surface area is 137 Å². The van der Waals surface area contributed by atoms with Crippen molar-refractivity contribution in [2.24, 2.45) is 5.14 Å². The molecule has 7 heteroatoms. The molecule has 0 aliphatic carbocycles. The third kappa shape index (κ3) is 4.76. The lowest BCUT2D eigenvalue weighted by molar-refractivity contribution is -0.132. The lowest BCUT2D eigenvalue weighted by Crippen LogP contribution is -2.30. The van der Waals surface area contributed by atoms with Crippen molar-refractivity contribution in [2.75, 3.05) is 13.7 Å². The topological polar surface area (TPSA) is 89.7 Å².